The number of nitrogens with two attached hydrogens (primary N) is 1. The molecule has 0 radical (unpaired) electrons. The number of nitrogens with one attached hydrogen (secondary N) is 1. The zero-order valence-electron chi connectivity index (χ0n) is 12.5. The normalized spacial score (nSPS) is 10.7. The van der Waals surface area contributed by atoms with E-state index in [4.69, 9.17) is 28.9 Å². The topological polar surface area (TPSA) is 63.8 Å². The molecule has 0 spiro atoms. The molecule has 22 heavy (non-hydrogen) atoms. The fourth-order valence-electron chi connectivity index (χ4n) is 1.75. The van der Waals surface area contributed by atoms with Crippen LogP contribution in [0.4, 0.5) is 11.5 Å². The number of benzene rings is 1. The summed E-state index contributed by atoms with van der Waals surface area (Å²) in [7, 11) is 0. The number of halogens is 2. The van der Waals surface area contributed by atoms with Crippen LogP contribution in [0.15, 0.2) is 23.4 Å². The third kappa shape index (κ3) is 4.41. The third-order valence-electron chi connectivity index (χ3n) is 3.01. The van der Waals surface area contributed by atoms with Gasteiger partial charge in [-0.15, -0.1) is 0 Å². The van der Waals surface area contributed by atoms with Crippen molar-refractivity contribution in [2.75, 3.05) is 16.8 Å². The second-order valence-corrected chi connectivity index (χ2v) is 6.67. The number of hydrogen-bond acceptors (Lipinski definition) is 5. The number of aromatic nitrogens is 2. The maximum Gasteiger partial charge on any atom is 0.191 e. The fourth-order valence-corrected chi connectivity index (χ4v) is 2.87. The van der Waals surface area contributed by atoms with Crippen LogP contribution in [0.3, 0.4) is 0 Å². The van der Waals surface area contributed by atoms with Crippen LogP contribution in [0.25, 0.3) is 0 Å². The van der Waals surface area contributed by atoms with E-state index in [0.29, 0.717) is 23.2 Å². The number of nitrogen functional groups attached to an aromatic ring is 1. The van der Waals surface area contributed by atoms with Crippen molar-refractivity contribution >= 4 is 46.5 Å². The summed E-state index contributed by atoms with van der Waals surface area (Å²) < 4.78 is 0. The molecule has 0 atom stereocenters. The van der Waals surface area contributed by atoms with Gasteiger partial charge in [0.2, 0.25) is 0 Å². The van der Waals surface area contributed by atoms with E-state index in [1.807, 2.05) is 25.1 Å². The Morgan fingerprint density at radius 1 is 1.27 bits per heavy atom. The molecule has 2 aromatic rings. The Kier molecular flexibility index (Phi) is 6.17. The lowest BCUT2D eigenvalue weighted by molar-refractivity contribution is 0.953. The highest BCUT2D eigenvalue weighted by Crippen LogP contribution is 2.28. The SMILES string of the molecule is CCCSc1nc(Cl)c(N)c(NCc2ccc(C)c(Cl)c2)n1. The van der Waals surface area contributed by atoms with Gasteiger partial charge in [-0.3, -0.25) is 0 Å². The van der Waals surface area contributed by atoms with Gasteiger partial charge >= 0.3 is 0 Å². The maximum absolute atomic E-state index is 6.13. The molecular formula is C15H18Cl2N4S. The van der Waals surface area contributed by atoms with E-state index < -0.39 is 0 Å². The lowest BCUT2D eigenvalue weighted by atomic mass is 10.1. The molecule has 3 N–H and O–H groups in total. The summed E-state index contributed by atoms with van der Waals surface area (Å²) in [5, 5.41) is 4.85. The summed E-state index contributed by atoms with van der Waals surface area (Å²) in [6.45, 7) is 4.64. The molecule has 0 aliphatic carbocycles. The van der Waals surface area contributed by atoms with Gasteiger partial charge in [0.05, 0.1) is 0 Å². The van der Waals surface area contributed by atoms with E-state index >= 15 is 0 Å². The Hall–Kier alpha value is -1.17. The molecule has 0 fully saturated rings. The molecule has 0 aliphatic rings. The molecule has 0 bridgehead atoms. The Balaban J connectivity index is 2.14. The van der Waals surface area contributed by atoms with Crippen LogP contribution in [0.5, 0.6) is 0 Å². The van der Waals surface area contributed by atoms with Crippen molar-refractivity contribution in [3.05, 3.63) is 39.5 Å². The highest BCUT2D eigenvalue weighted by atomic mass is 35.5. The van der Waals surface area contributed by atoms with E-state index in [-0.39, 0.29) is 5.15 Å². The number of anilines is 2. The van der Waals surface area contributed by atoms with Gasteiger partial charge in [-0.2, -0.15) is 0 Å². The van der Waals surface area contributed by atoms with Crippen LogP contribution >= 0.6 is 35.0 Å². The molecule has 7 heteroatoms. The summed E-state index contributed by atoms with van der Waals surface area (Å²) >= 11 is 13.8. The Labute approximate surface area is 144 Å². The van der Waals surface area contributed by atoms with Crippen molar-refractivity contribution in [1.82, 2.24) is 9.97 Å². The Morgan fingerprint density at radius 3 is 2.73 bits per heavy atom. The van der Waals surface area contributed by atoms with Crippen LogP contribution in [0, 0.1) is 6.92 Å². The van der Waals surface area contributed by atoms with Gasteiger partial charge in [0.15, 0.2) is 16.1 Å². The summed E-state index contributed by atoms with van der Waals surface area (Å²) in [5.74, 6) is 1.49. The molecule has 0 amide bonds. The third-order valence-corrected chi connectivity index (χ3v) is 4.76. The van der Waals surface area contributed by atoms with Gasteiger partial charge in [0.25, 0.3) is 0 Å². The quantitative estimate of drug-likeness (QED) is 0.442. The van der Waals surface area contributed by atoms with Crippen LogP contribution in [-0.4, -0.2) is 15.7 Å². The summed E-state index contributed by atoms with van der Waals surface area (Å²) in [6, 6.07) is 5.92. The molecule has 1 aromatic carbocycles. The lowest BCUT2D eigenvalue weighted by Gasteiger charge is -2.11. The van der Waals surface area contributed by atoms with Crippen molar-refractivity contribution < 1.29 is 0 Å². The predicted molar refractivity (Wildman–Crippen MR) is 96.0 cm³/mol. The van der Waals surface area contributed by atoms with E-state index in [1.54, 1.807) is 11.8 Å². The Bertz CT molecular complexity index is 664. The number of hydrogen-bond donors (Lipinski definition) is 2. The number of nitrogens with zero attached hydrogens (tertiary/aromatic N) is 2. The van der Waals surface area contributed by atoms with Crippen molar-refractivity contribution in [1.29, 1.82) is 0 Å². The molecule has 2 rings (SSSR count). The number of rotatable bonds is 6. The van der Waals surface area contributed by atoms with Crippen molar-refractivity contribution in [2.24, 2.45) is 0 Å². The van der Waals surface area contributed by atoms with Gasteiger partial charge in [-0.1, -0.05) is 54.0 Å². The first-order valence-corrected chi connectivity index (χ1v) is 8.70. The van der Waals surface area contributed by atoms with Crippen molar-refractivity contribution in [2.45, 2.75) is 32.0 Å². The summed E-state index contributed by atoms with van der Waals surface area (Å²) in [5.41, 5.74) is 8.40. The summed E-state index contributed by atoms with van der Waals surface area (Å²) in [6.07, 6.45) is 1.04. The van der Waals surface area contributed by atoms with Gasteiger partial charge in [0, 0.05) is 17.3 Å². The average Bonchev–Trinajstić information content (AvgIpc) is 2.50. The molecule has 1 heterocycles. The molecule has 1 aromatic heterocycles. The van der Waals surface area contributed by atoms with E-state index in [1.165, 1.54) is 0 Å². The standard InChI is InChI=1S/C15H18Cl2N4S/c1-3-6-22-15-20-13(17)12(18)14(21-15)19-8-10-5-4-9(2)11(16)7-10/h4-5,7H,3,6,8,18H2,1-2H3,(H,19,20,21). The molecule has 0 saturated carbocycles. The Morgan fingerprint density at radius 2 is 2.05 bits per heavy atom. The van der Waals surface area contributed by atoms with E-state index in [0.717, 1.165) is 28.3 Å². The highest BCUT2D eigenvalue weighted by Gasteiger charge is 2.10. The van der Waals surface area contributed by atoms with Gasteiger partial charge in [-0.25, -0.2) is 9.97 Å². The largest absolute Gasteiger partial charge is 0.393 e. The monoisotopic (exact) mass is 356 g/mol. The zero-order valence-corrected chi connectivity index (χ0v) is 14.8. The smallest absolute Gasteiger partial charge is 0.191 e. The van der Waals surface area contributed by atoms with E-state index in [2.05, 4.69) is 22.2 Å². The first-order valence-electron chi connectivity index (χ1n) is 6.96. The minimum atomic E-state index is 0.276. The van der Waals surface area contributed by atoms with Crippen LogP contribution in [0.1, 0.15) is 24.5 Å². The average molecular weight is 357 g/mol. The van der Waals surface area contributed by atoms with Gasteiger partial charge < -0.3 is 11.1 Å². The highest BCUT2D eigenvalue weighted by molar-refractivity contribution is 7.99. The second kappa shape index (κ2) is 7.90. The first kappa shape index (κ1) is 17.2. The second-order valence-electron chi connectivity index (χ2n) is 4.84. The lowest BCUT2D eigenvalue weighted by Crippen LogP contribution is -2.07. The van der Waals surface area contributed by atoms with Crippen LogP contribution in [0.2, 0.25) is 10.2 Å². The minimum absolute atomic E-state index is 0.276. The molecule has 4 nitrogen and oxygen atoms in total. The van der Waals surface area contributed by atoms with E-state index in [9.17, 15) is 0 Å². The number of thioether (sulfide) groups is 1. The minimum Gasteiger partial charge on any atom is -0.393 e. The molecular weight excluding hydrogens is 339 g/mol. The molecule has 0 unspecified atom stereocenters. The zero-order chi connectivity index (χ0) is 16.1. The maximum atomic E-state index is 6.13. The van der Waals surface area contributed by atoms with Crippen LogP contribution < -0.4 is 11.1 Å². The van der Waals surface area contributed by atoms with Crippen LogP contribution in [-0.2, 0) is 6.54 Å². The molecule has 0 aliphatic heterocycles. The van der Waals surface area contributed by atoms with Gasteiger partial charge in [0.1, 0.15) is 5.69 Å². The van der Waals surface area contributed by atoms with Crippen molar-refractivity contribution in [3.63, 3.8) is 0 Å². The van der Waals surface area contributed by atoms with Crippen molar-refractivity contribution in [3.8, 4) is 0 Å². The molecule has 0 saturated heterocycles. The summed E-state index contributed by atoms with van der Waals surface area (Å²) in [4.78, 5) is 8.61. The predicted octanol–water partition coefficient (Wildman–Crippen LogP) is 4.79. The van der Waals surface area contributed by atoms with Gasteiger partial charge in [-0.05, 0) is 30.5 Å². The first-order chi connectivity index (χ1) is 10.5. The number of aryl methyl sites for hydroxylation is 1. The fraction of sp³-hybridized carbons (Fsp3) is 0.333. The molecule has 118 valence electrons.